The number of halogens is 3. The number of para-hydroxylation sites is 1. The summed E-state index contributed by atoms with van der Waals surface area (Å²) in [6.45, 7) is 8.08. The molecule has 0 atom stereocenters. The van der Waals surface area contributed by atoms with Gasteiger partial charge in [-0.2, -0.15) is 13.2 Å². The standard InChI is InChI=1S/C25H26F3N5O2S/c1-4-12-33-21(14-22(34)29-18-9-7-8-17(13-18)25(26,27)28)31-32-24(33)36-15-23(35)30-20-11-6-5-10-19(20)16(2)3/h4-11,13,16H,1,12,14-15H2,2-3H3,(H,29,34)(H,30,35). The summed E-state index contributed by atoms with van der Waals surface area (Å²) >= 11 is 1.16. The number of carbonyl (C=O) groups is 2. The Morgan fingerprint density at radius 2 is 1.83 bits per heavy atom. The number of carbonyl (C=O) groups excluding carboxylic acids is 2. The van der Waals surface area contributed by atoms with Crippen LogP contribution in [0.1, 0.15) is 36.7 Å². The average Bonchev–Trinajstić information content (AvgIpc) is 3.18. The second-order valence-electron chi connectivity index (χ2n) is 8.18. The van der Waals surface area contributed by atoms with E-state index in [1.54, 1.807) is 10.6 Å². The van der Waals surface area contributed by atoms with Gasteiger partial charge in [0, 0.05) is 17.9 Å². The van der Waals surface area contributed by atoms with Crippen molar-refractivity contribution >= 4 is 35.0 Å². The van der Waals surface area contributed by atoms with Crippen LogP contribution in [0.3, 0.4) is 0 Å². The van der Waals surface area contributed by atoms with Crippen molar-refractivity contribution in [1.29, 1.82) is 0 Å². The Bertz CT molecular complexity index is 1240. The molecule has 0 aliphatic carbocycles. The van der Waals surface area contributed by atoms with Gasteiger partial charge in [0.25, 0.3) is 0 Å². The smallest absolute Gasteiger partial charge is 0.326 e. The van der Waals surface area contributed by atoms with Crippen LogP contribution in [0.4, 0.5) is 24.5 Å². The summed E-state index contributed by atoms with van der Waals surface area (Å²) in [5.41, 5.74) is 0.943. The Morgan fingerprint density at radius 1 is 1.08 bits per heavy atom. The molecular formula is C25H26F3N5O2S. The van der Waals surface area contributed by atoms with Crippen LogP contribution in [-0.4, -0.2) is 32.3 Å². The highest BCUT2D eigenvalue weighted by Gasteiger charge is 2.30. The summed E-state index contributed by atoms with van der Waals surface area (Å²) in [5, 5.41) is 13.9. The van der Waals surface area contributed by atoms with E-state index in [0.717, 1.165) is 35.1 Å². The van der Waals surface area contributed by atoms with Crippen molar-refractivity contribution in [3.05, 3.63) is 78.1 Å². The largest absolute Gasteiger partial charge is 0.416 e. The lowest BCUT2D eigenvalue weighted by atomic mass is 10.0. The number of alkyl halides is 3. The Hall–Kier alpha value is -3.60. The SMILES string of the molecule is C=CCn1c(CC(=O)Nc2cccc(C(F)(F)F)c2)nnc1SCC(=O)Nc1ccccc1C(C)C. The third-order valence-electron chi connectivity index (χ3n) is 5.09. The zero-order valence-electron chi connectivity index (χ0n) is 19.8. The first-order valence-electron chi connectivity index (χ1n) is 11.1. The second-order valence-corrected chi connectivity index (χ2v) is 9.12. The summed E-state index contributed by atoms with van der Waals surface area (Å²) < 4.78 is 40.4. The number of benzene rings is 2. The number of nitrogens with zero attached hydrogens (tertiary/aromatic N) is 3. The number of anilines is 2. The average molecular weight is 518 g/mol. The fourth-order valence-corrected chi connectivity index (χ4v) is 4.19. The predicted octanol–water partition coefficient (Wildman–Crippen LogP) is 5.52. The van der Waals surface area contributed by atoms with Gasteiger partial charge in [-0.3, -0.25) is 9.59 Å². The molecule has 0 unspecified atom stereocenters. The molecule has 2 aromatic carbocycles. The monoisotopic (exact) mass is 517 g/mol. The van der Waals surface area contributed by atoms with E-state index in [2.05, 4.69) is 27.4 Å². The van der Waals surface area contributed by atoms with Gasteiger partial charge in [0.2, 0.25) is 11.8 Å². The van der Waals surface area contributed by atoms with Crippen LogP contribution >= 0.6 is 11.8 Å². The Kier molecular flexibility index (Phi) is 8.92. The first-order chi connectivity index (χ1) is 17.1. The molecule has 0 radical (unpaired) electrons. The Balaban J connectivity index is 1.65. The number of allylic oxidation sites excluding steroid dienone is 1. The van der Waals surface area contributed by atoms with E-state index < -0.39 is 17.6 Å². The van der Waals surface area contributed by atoms with E-state index >= 15 is 0 Å². The molecule has 7 nitrogen and oxygen atoms in total. The van der Waals surface area contributed by atoms with Crippen molar-refractivity contribution in [1.82, 2.24) is 14.8 Å². The highest BCUT2D eigenvalue weighted by Crippen LogP contribution is 2.30. The number of thioether (sulfide) groups is 1. The zero-order chi connectivity index (χ0) is 26.3. The van der Waals surface area contributed by atoms with E-state index in [0.29, 0.717) is 17.5 Å². The van der Waals surface area contributed by atoms with E-state index in [1.807, 2.05) is 38.1 Å². The molecule has 0 aliphatic heterocycles. The van der Waals surface area contributed by atoms with Crippen LogP contribution in [0.5, 0.6) is 0 Å². The maximum atomic E-state index is 12.9. The first-order valence-corrected chi connectivity index (χ1v) is 12.1. The Labute approximate surface area is 211 Å². The van der Waals surface area contributed by atoms with E-state index in [9.17, 15) is 22.8 Å². The Morgan fingerprint density at radius 3 is 2.53 bits per heavy atom. The zero-order valence-corrected chi connectivity index (χ0v) is 20.6. The van der Waals surface area contributed by atoms with Crippen molar-refractivity contribution in [2.24, 2.45) is 0 Å². The molecule has 0 saturated heterocycles. The van der Waals surface area contributed by atoms with Gasteiger partial charge in [-0.05, 0) is 35.7 Å². The summed E-state index contributed by atoms with van der Waals surface area (Å²) in [4.78, 5) is 25.1. The lowest BCUT2D eigenvalue weighted by molar-refractivity contribution is -0.137. The highest BCUT2D eigenvalue weighted by molar-refractivity contribution is 7.99. The van der Waals surface area contributed by atoms with Crippen molar-refractivity contribution in [2.45, 2.75) is 44.1 Å². The normalized spacial score (nSPS) is 11.4. The van der Waals surface area contributed by atoms with Crippen LogP contribution in [0.2, 0.25) is 0 Å². The number of hydrogen-bond donors (Lipinski definition) is 2. The van der Waals surface area contributed by atoms with Crippen molar-refractivity contribution in [2.75, 3.05) is 16.4 Å². The molecule has 3 aromatic rings. The summed E-state index contributed by atoms with van der Waals surface area (Å²) in [7, 11) is 0. The fourth-order valence-electron chi connectivity index (χ4n) is 3.42. The lowest BCUT2D eigenvalue weighted by Gasteiger charge is -2.13. The second kappa shape index (κ2) is 11.9. The number of hydrogen-bond acceptors (Lipinski definition) is 5. The van der Waals surface area contributed by atoms with Gasteiger partial charge in [0.15, 0.2) is 5.16 Å². The van der Waals surface area contributed by atoms with Crippen molar-refractivity contribution < 1.29 is 22.8 Å². The van der Waals surface area contributed by atoms with E-state index in [-0.39, 0.29) is 29.7 Å². The van der Waals surface area contributed by atoms with Crippen LogP contribution in [-0.2, 0) is 28.7 Å². The molecule has 2 amide bonds. The third-order valence-corrected chi connectivity index (χ3v) is 6.05. The first kappa shape index (κ1) is 27.0. The van der Waals surface area contributed by atoms with E-state index in [1.165, 1.54) is 12.1 Å². The molecule has 1 heterocycles. The molecule has 1 aromatic heterocycles. The molecule has 11 heteroatoms. The number of rotatable bonds is 10. The molecule has 0 spiro atoms. The molecule has 2 N–H and O–H groups in total. The maximum absolute atomic E-state index is 12.9. The van der Waals surface area contributed by atoms with Gasteiger partial charge in [-0.15, -0.1) is 16.8 Å². The van der Waals surface area contributed by atoms with Gasteiger partial charge in [-0.25, -0.2) is 0 Å². The van der Waals surface area contributed by atoms with Gasteiger partial charge >= 0.3 is 6.18 Å². The molecular weight excluding hydrogens is 491 g/mol. The predicted molar refractivity (Wildman–Crippen MR) is 134 cm³/mol. The molecule has 0 aliphatic rings. The van der Waals surface area contributed by atoms with Crippen LogP contribution in [0.25, 0.3) is 0 Å². The van der Waals surface area contributed by atoms with Crippen molar-refractivity contribution in [3.63, 3.8) is 0 Å². The summed E-state index contributed by atoms with van der Waals surface area (Å²) in [6.07, 6.45) is -3.13. The number of aromatic nitrogens is 3. The van der Waals surface area contributed by atoms with E-state index in [4.69, 9.17) is 0 Å². The maximum Gasteiger partial charge on any atom is 0.416 e. The molecule has 0 saturated carbocycles. The minimum atomic E-state index is -4.51. The molecule has 0 bridgehead atoms. The van der Waals surface area contributed by atoms with Crippen LogP contribution < -0.4 is 10.6 Å². The van der Waals surface area contributed by atoms with Gasteiger partial charge in [-0.1, -0.05) is 56.0 Å². The topological polar surface area (TPSA) is 88.9 Å². The minimum Gasteiger partial charge on any atom is -0.326 e. The highest BCUT2D eigenvalue weighted by atomic mass is 32.2. The van der Waals surface area contributed by atoms with Gasteiger partial charge in [0.05, 0.1) is 17.7 Å². The molecule has 190 valence electrons. The van der Waals surface area contributed by atoms with Gasteiger partial charge < -0.3 is 15.2 Å². The molecule has 3 rings (SSSR count). The van der Waals surface area contributed by atoms with Crippen LogP contribution in [0.15, 0.2) is 66.3 Å². The number of amides is 2. The quantitative estimate of drug-likeness (QED) is 0.273. The molecule has 36 heavy (non-hydrogen) atoms. The van der Waals surface area contributed by atoms with Crippen molar-refractivity contribution in [3.8, 4) is 0 Å². The van der Waals surface area contributed by atoms with Gasteiger partial charge in [0.1, 0.15) is 5.82 Å². The minimum absolute atomic E-state index is 0.0255. The van der Waals surface area contributed by atoms with Crippen LogP contribution in [0, 0.1) is 0 Å². The third kappa shape index (κ3) is 7.20. The summed E-state index contributed by atoms with van der Waals surface area (Å²) in [6, 6.07) is 12.0. The molecule has 0 fully saturated rings. The fraction of sp³-hybridized carbons (Fsp3) is 0.280. The lowest BCUT2D eigenvalue weighted by Crippen LogP contribution is -2.18. The summed E-state index contributed by atoms with van der Waals surface area (Å²) in [5.74, 6) is -0.156. The number of nitrogens with one attached hydrogen (secondary N) is 2.